The molecule has 0 aromatic heterocycles. The molecule has 1 N–H and O–H groups in total. The average Bonchev–Trinajstić information content (AvgIpc) is 2.87. The van der Waals surface area contributed by atoms with Crippen molar-refractivity contribution in [2.45, 2.75) is 37.5 Å². The lowest BCUT2D eigenvalue weighted by Gasteiger charge is -2.34. The normalized spacial score (nSPS) is 20.6. The Morgan fingerprint density at radius 3 is 2.45 bits per heavy atom. The monoisotopic (exact) mass is 443 g/mol. The first-order valence-corrected chi connectivity index (χ1v) is 12.2. The molecule has 2 aliphatic heterocycles. The Kier molecular flexibility index (Phi) is 6.82. The Labute approximate surface area is 196 Å². The topological polar surface area (TPSA) is 41.9 Å². The maximum Gasteiger partial charge on any atom is 0.123 e. The maximum absolute atomic E-state index is 10.2. The van der Waals surface area contributed by atoms with Crippen molar-refractivity contribution in [1.82, 2.24) is 4.90 Å². The van der Waals surface area contributed by atoms with Gasteiger partial charge in [-0.15, -0.1) is 0 Å². The minimum Gasteiger partial charge on any atom is -0.508 e. The van der Waals surface area contributed by atoms with Crippen molar-refractivity contribution in [1.29, 1.82) is 0 Å². The molecular weight excluding hydrogens is 410 g/mol. The van der Waals surface area contributed by atoms with Gasteiger partial charge in [-0.3, -0.25) is 0 Å². The number of rotatable bonds is 7. The zero-order chi connectivity index (χ0) is 22.5. The van der Waals surface area contributed by atoms with Crippen LogP contribution in [0.4, 0.5) is 0 Å². The number of aromatic hydroxyl groups is 1. The molecule has 4 heteroatoms. The molecule has 5 rings (SSSR count). The smallest absolute Gasteiger partial charge is 0.123 e. The van der Waals surface area contributed by atoms with Gasteiger partial charge in [0.25, 0.3) is 0 Å². The highest BCUT2D eigenvalue weighted by molar-refractivity contribution is 5.51. The van der Waals surface area contributed by atoms with Crippen molar-refractivity contribution < 1.29 is 14.6 Å². The summed E-state index contributed by atoms with van der Waals surface area (Å²) in [6, 6.07) is 24.4. The molecule has 2 atom stereocenters. The van der Waals surface area contributed by atoms with Gasteiger partial charge in [0.15, 0.2) is 0 Å². The number of ether oxygens (including phenoxy) is 2. The fraction of sp³-hybridized carbons (Fsp3) is 0.379. The van der Waals surface area contributed by atoms with E-state index in [4.69, 9.17) is 9.47 Å². The van der Waals surface area contributed by atoms with Crippen LogP contribution in [-0.4, -0.2) is 42.9 Å². The van der Waals surface area contributed by atoms with Crippen LogP contribution < -0.4 is 9.47 Å². The van der Waals surface area contributed by atoms with Gasteiger partial charge in [0.1, 0.15) is 17.2 Å². The van der Waals surface area contributed by atoms with Crippen LogP contribution in [-0.2, 0) is 0 Å². The van der Waals surface area contributed by atoms with E-state index < -0.39 is 0 Å². The van der Waals surface area contributed by atoms with E-state index in [1.54, 1.807) is 6.07 Å². The summed E-state index contributed by atoms with van der Waals surface area (Å²) in [5, 5.41) is 10.2. The van der Waals surface area contributed by atoms with E-state index >= 15 is 0 Å². The second kappa shape index (κ2) is 10.3. The SMILES string of the molecule is Oc1ccc2c(c1)[C@@H](c1ccc(OCCCN3CCCCC3)cc1)[C@@H](c1ccccc1)CO2. The van der Waals surface area contributed by atoms with Gasteiger partial charge in [-0.05, 0) is 73.8 Å². The summed E-state index contributed by atoms with van der Waals surface area (Å²) in [5.74, 6) is 2.32. The first kappa shape index (κ1) is 21.8. The lowest BCUT2D eigenvalue weighted by atomic mass is 9.76. The van der Waals surface area contributed by atoms with Gasteiger partial charge >= 0.3 is 0 Å². The van der Waals surface area contributed by atoms with Crippen molar-refractivity contribution in [3.8, 4) is 17.2 Å². The number of hydrogen-bond acceptors (Lipinski definition) is 4. The zero-order valence-electron chi connectivity index (χ0n) is 19.2. The number of nitrogens with zero attached hydrogens (tertiary/aromatic N) is 1. The van der Waals surface area contributed by atoms with Crippen LogP contribution >= 0.6 is 0 Å². The van der Waals surface area contributed by atoms with Crippen LogP contribution in [0.25, 0.3) is 0 Å². The molecule has 3 aromatic carbocycles. The summed E-state index contributed by atoms with van der Waals surface area (Å²) < 4.78 is 12.1. The zero-order valence-corrected chi connectivity index (χ0v) is 19.2. The van der Waals surface area contributed by atoms with Crippen LogP contribution in [0.5, 0.6) is 17.2 Å². The number of phenols is 1. The Balaban J connectivity index is 1.31. The van der Waals surface area contributed by atoms with E-state index in [1.807, 2.05) is 18.2 Å². The molecule has 1 fully saturated rings. The molecule has 172 valence electrons. The Hall–Kier alpha value is -2.98. The minimum absolute atomic E-state index is 0.108. The second-order valence-electron chi connectivity index (χ2n) is 9.20. The highest BCUT2D eigenvalue weighted by Crippen LogP contribution is 2.47. The molecule has 0 bridgehead atoms. The molecule has 0 spiro atoms. The quantitative estimate of drug-likeness (QED) is 0.458. The van der Waals surface area contributed by atoms with Crippen LogP contribution in [0, 0.1) is 0 Å². The number of phenolic OH excluding ortho intramolecular Hbond substituents is 1. The number of fused-ring (bicyclic) bond motifs is 1. The molecule has 0 aliphatic carbocycles. The molecule has 4 nitrogen and oxygen atoms in total. The van der Waals surface area contributed by atoms with E-state index in [1.165, 1.54) is 43.5 Å². The van der Waals surface area contributed by atoms with Gasteiger partial charge in [0.05, 0.1) is 13.2 Å². The summed E-state index contributed by atoms with van der Waals surface area (Å²) in [4.78, 5) is 2.55. The molecule has 3 aromatic rings. The van der Waals surface area contributed by atoms with Gasteiger partial charge < -0.3 is 19.5 Å². The molecule has 0 unspecified atom stereocenters. The number of benzene rings is 3. The van der Waals surface area contributed by atoms with Gasteiger partial charge in [-0.25, -0.2) is 0 Å². The highest BCUT2D eigenvalue weighted by Gasteiger charge is 2.33. The Bertz CT molecular complexity index is 1030. The fourth-order valence-electron chi connectivity index (χ4n) is 5.24. The maximum atomic E-state index is 10.2. The summed E-state index contributed by atoms with van der Waals surface area (Å²) >= 11 is 0. The summed E-state index contributed by atoms with van der Waals surface area (Å²) in [6.45, 7) is 4.95. The summed E-state index contributed by atoms with van der Waals surface area (Å²) in [5.41, 5.74) is 3.49. The van der Waals surface area contributed by atoms with E-state index in [-0.39, 0.29) is 17.6 Å². The minimum atomic E-state index is 0.108. The average molecular weight is 444 g/mol. The standard InChI is InChI=1S/C29H33NO3/c31-24-12-15-28-26(20-24)29(27(21-33-28)22-8-3-1-4-9-22)23-10-13-25(14-11-23)32-19-7-18-30-16-5-2-6-17-30/h1,3-4,8-15,20,27,29,31H,2,5-7,16-19,21H2/t27-,29-/m1/s1. The van der Waals surface area contributed by atoms with Gasteiger partial charge in [0.2, 0.25) is 0 Å². The van der Waals surface area contributed by atoms with Crippen LogP contribution in [0.2, 0.25) is 0 Å². The lowest BCUT2D eigenvalue weighted by molar-refractivity contribution is 0.205. The second-order valence-corrected chi connectivity index (χ2v) is 9.20. The largest absolute Gasteiger partial charge is 0.508 e. The van der Waals surface area contributed by atoms with E-state index in [0.29, 0.717) is 6.61 Å². The Morgan fingerprint density at radius 2 is 1.67 bits per heavy atom. The van der Waals surface area contributed by atoms with Crippen molar-refractivity contribution in [3.63, 3.8) is 0 Å². The van der Waals surface area contributed by atoms with Crippen molar-refractivity contribution in [2.75, 3.05) is 32.8 Å². The third-order valence-electron chi connectivity index (χ3n) is 6.95. The third-order valence-corrected chi connectivity index (χ3v) is 6.95. The first-order valence-electron chi connectivity index (χ1n) is 12.2. The Morgan fingerprint density at radius 1 is 0.879 bits per heavy atom. The van der Waals surface area contributed by atoms with Crippen LogP contribution in [0.15, 0.2) is 72.8 Å². The summed E-state index contributed by atoms with van der Waals surface area (Å²) in [7, 11) is 0. The van der Waals surface area contributed by atoms with Crippen LogP contribution in [0.1, 0.15) is 54.2 Å². The molecule has 33 heavy (non-hydrogen) atoms. The molecule has 1 saturated heterocycles. The predicted molar refractivity (Wildman–Crippen MR) is 131 cm³/mol. The van der Waals surface area contributed by atoms with Crippen molar-refractivity contribution >= 4 is 0 Å². The number of piperidine rings is 1. The molecule has 0 amide bonds. The number of hydrogen-bond donors (Lipinski definition) is 1. The van der Waals surface area contributed by atoms with E-state index in [0.717, 1.165) is 36.6 Å². The molecule has 2 aliphatic rings. The summed E-state index contributed by atoms with van der Waals surface area (Å²) in [6.07, 6.45) is 5.10. The molecule has 0 radical (unpaired) electrons. The lowest BCUT2D eigenvalue weighted by Crippen LogP contribution is -2.31. The van der Waals surface area contributed by atoms with E-state index in [9.17, 15) is 5.11 Å². The van der Waals surface area contributed by atoms with E-state index in [2.05, 4.69) is 53.4 Å². The molecule has 0 saturated carbocycles. The predicted octanol–water partition coefficient (Wildman–Crippen LogP) is 5.96. The van der Waals surface area contributed by atoms with Gasteiger partial charge in [0, 0.05) is 23.9 Å². The van der Waals surface area contributed by atoms with Crippen LogP contribution in [0.3, 0.4) is 0 Å². The molecular formula is C29H33NO3. The number of likely N-dealkylation sites (tertiary alicyclic amines) is 1. The first-order chi connectivity index (χ1) is 16.3. The van der Waals surface area contributed by atoms with Gasteiger partial charge in [-0.2, -0.15) is 0 Å². The van der Waals surface area contributed by atoms with Crippen molar-refractivity contribution in [2.24, 2.45) is 0 Å². The fourth-order valence-corrected chi connectivity index (χ4v) is 5.24. The molecule has 2 heterocycles. The van der Waals surface area contributed by atoms with Crippen molar-refractivity contribution in [3.05, 3.63) is 89.5 Å². The van der Waals surface area contributed by atoms with Gasteiger partial charge in [-0.1, -0.05) is 48.9 Å². The highest BCUT2D eigenvalue weighted by atomic mass is 16.5. The third kappa shape index (κ3) is 5.17.